The molecular weight excluding hydrogens is 260 g/mol. The zero-order valence-electron chi connectivity index (χ0n) is 10.7. The average Bonchev–Trinajstić information content (AvgIpc) is 2.81. The maximum atomic E-state index is 4.28. The number of thioether (sulfide) groups is 1. The van der Waals surface area contributed by atoms with E-state index in [1.807, 2.05) is 17.3 Å². The SMILES string of the molecule is Cc1ncsc1CCSCCC[n+]1ccccc1. The van der Waals surface area contributed by atoms with Gasteiger partial charge >= 0.3 is 0 Å². The Bertz CT molecular complexity index is 454. The van der Waals surface area contributed by atoms with Gasteiger partial charge < -0.3 is 0 Å². The summed E-state index contributed by atoms with van der Waals surface area (Å²) in [6.07, 6.45) is 6.66. The van der Waals surface area contributed by atoms with Gasteiger partial charge in [0.1, 0.15) is 6.54 Å². The molecule has 0 bridgehead atoms. The lowest BCUT2D eigenvalue weighted by molar-refractivity contribution is -0.696. The molecule has 2 rings (SSSR count). The third-order valence-electron chi connectivity index (χ3n) is 2.80. The van der Waals surface area contributed by atoms with Gasteiger partial charge in [-0.2, -0.15) is 11.8 Å². The summed E-state index contributed by atoms with van der Waals surface area (Å²) in [6, 6.07) is 6.22. The molecule has 0 atom stereocenters. The summed E-state index contributed by atoms with van der Waals surface area (Å²) < 4.78 is 2.24. The smallest absolute Gasteiger partial charge is 0.168 e. The molecule has 0 N–H and O–H groups in total. The number of aryl methyl sites for hydroxylation is 3. The molecule has 0 aliphatic rings. The Balaban J connectivity index is 1.56. The maximum Gasteiger partial charge on any atom is 0.168 e. The first-order valence-corrected chi connectivity index (χ1v) is 8.30. The lowest BCUT2D eigenvalue weighted by atomic mass is 10.3. The second kappa shape index (κ2) is 7.54. The Morgan fingerprint density at radius 1 is 1.22 bits per heavy atom. The van der Waals surface area contributed by atoms with Gasteiger partial charge in [-0.05, 0) is 24.9 Å². The summed E-state index contributed by atoms with van der Waals surface area (Å²) in [5.74, 6) is 2.45. The van der Waals surface area contributed by atoms with E-state index in [0.29, 0.717) is 0 Å². The van der Waals surface area contributed by atoms with Crippen LogP contribution in [0.3, 0.4) is 0 Å². The van der Waals surface area contributed by atoms with E-state index in [1.54, 1.807) is 11.3 Å². The van der Waals surface area contributed by atoms with Crippen molar-refractivity contribution in [2.45, 2.75) is 26.3 Å². The third-order valence-corrected chi connectivity index (χ3v) is 4.87. The van der Waals surface area contributed by atoms with Crippen molar-refractivity contribution in [2.24, 2.45) is 0 Å². The summed E-state index contributed by atoms with van der Waals surface area (Å²) in [5, 5.41) is 0. The Morgan fingerprint density at radius 3 is 2.78 bits per heavy atom. The molecule has 0 aromatic carbocycles. The van der Waals surface area contributed by atoms with E-state index in [2.05, 4.69) is 47.1 Å². The molecule has 0 aliphatic heterocycles. The van der Waals surface area contributed by atoms with Crippen molar-refractivity contribution in [1.29, 1.82) is 0 Å². The molecule has 0 saturated heterocycles. The molecule has 96 valence electrons. The van der Waals surface area contributed by atoms with Crippen molar-refractivity contribution in [3.8, 4) is 0 Å². The minimum atomic E-state index is 1.12. The molecule has 0 radical (unpaired) electrons. The van der Waals surface area contributed by atoms with Crippen molar-refractivity contribution in [3.63, 3.8) is 0 Å². The lowest BCUT2D eigenvalue weighted by Gasteiger charge is -2.00. The van der Waals surface area contributed by atoms with Crippen molar-refractivity contribution in [2.75, 3.05) is 11.5 Å². The first-order chi connectivity index (χ1) is 8.86. The largest absolute Gasteiger partial charge is 0.250 e. The van der Waals surface area contributed by atoms with Crippen LogP contribution in [0, 0.1) is 6.92 Å². The predicted molar refractivity (Wildman–Crippen MR) is 79.1 cm³/mol. The fourth-order valence-electron chi connectivity index (χ4n) is 1.77. The molecule has 0 saturated carbocycles. The molecule has 0 fully saturated rings. The van der Waals surface area contributed by atoms with Crippen LogP contribution in [0.4, 0.5) is 0 Å². The highest BCUT2D eigenvalue weighted by atomic mass is 32.2. The number of rotatable bonds is 7. The Morgan fingerprint density at radius 2 is 2.06 bits per heavy atom. The minimum absolute atomic E-state index is 1.12. The Labute approximate surface area is 117 Å². The highest BCUT2D eigenvalue weighted by Gasteiger charge is 2.02. The molecular formula is C14H19N2S2+. The van der Waals surface area contributed by atoms with E-state index in [9.17, 15) is 0 Å². The zero-order valence-corrected chi connectivity index (χ0v) is 12.3. The van der Waals surface area contributed by atoms with Gasteiger partial charge in [-0.25, -0.2) is 9.55 Å². The van der Waals surface area contributed by atoms with Gasteiger partial charge in [0.15, 0.2) is 12.4 Å². The molecule has 18 heavy (non-hydrogen) atoms. The van der Waals surface area contributed by atoms with Gasteiger partial charge in [0.05, 0.1) is 11.2 Å². The minimum Gasteiger partial charge on any atom is -0.250 e. The molecule has 0 aliphatic carbocycles. The summed E-state index contributed by atoms with van der Waals surface area (Å²) in [6.45, 7) is 3.22. The van der Waals surface area contributed by atoms with Gasteiger partial charge in [0.2, 0.25) is 0 Å². The molecule has 0 unspecified atom stereocenters. The zero-order chi connectivity index (χ0) is 12.6. The molecule has 0 amide bonds. The third kappa shape index (κ3) is 4.42. The number of pyridine rings is 1. The van der Waals surface area contributed by atoms with Crippen LogP contribution in [0.15, 0.2) is 36.1 Å². The van der Waals surface area contributed by atoms with Crippen molar-refractivity contribution >= 4 is 23.1 Å². The molecule has 2 heterocycles. The van der Waals surface area contributed by atoms with Crippen LogP contribution in [-0.2, 0) is 13.0 Å². The van der Waals surface area contributed by atoms with Crippen molar-refractivity contribution < 1.29 is 4.57 Å². The standard InChI is InChI=1S/C14H19N2S2/c1-13-14(18-12-15-13)6-11-17-10-5-9-16-7-3-2-4-8-16/h2-4,7-8,12H,5-6,9-11H2,1H3/q+1. The fourth-order valence-corrected chi connectivity index (χ4v) is 3.56. The second-order valence-corrected chi connectivity index (χ2v) is 6.35. The van der Waals surface area contributed by atoms with Gasteiger partial charge in [-0.1, -0.05) is 6.07 Å². The van der Waals surface area contributed by atoms with Crippen LogP contribution in [0.2, 0.25) is 0 Å². The number of aromatic nitrogens is 2. The summed E-state index contributed by atoms with van der Waals surface area (Å²) in [5.41, 5.74) is 3.15. The number of hydrogen-bond acceptors (Lipinski definition) is 3. The van der Waals surface area contributed by atoms with E-state index >= 15 is 0 Å². The van der Waals surface area contributed by atoms with Gasteiger partial charge in [-0.3, -0.25) is 0 Å². The van der Waals surface area contributed by atoms with Crippen LogP contribution in [0.25, 0.3) is 0 Å². The van der Waals surface area contributed by atoms with Crippen LogP contribution < -0.4 is 4.57 Å². The van der Waals surface area contributed by atoms with Crippen molar-refractivity contribution in [1.82, 2.24) is 4.98 Å². The van der Waals surface area contributed by atoms with Gasteiger partial charge in [-0.15, -0.1) is 11.3 Å². The topological polar surface area (TPSA) is 16.8 Å². The predicted octanol–water partition coefficient (Wildman–Crippen LogP) is 3.11. The molecule has 2 aromatic heterocycles. The van der Waals surface area contributed by atoms with Gasteiger partial charge in [0.25, 0.3) is 0 Å². The van der Waals surface area contributed by atoms with E-state index in [0.717, 1.165) is 6.54 Å². The van der Waals surface area contributed by atoms with Crippen molar-refractivity contribution in [3.05, 3.63) is 46.7 Å². The second-order valence-electron chi connectivity index (χ2n) is 4.19. The van der Waals surface area contributed by atoms with E-state index < -0.39 is 0 Å². The first kappa shape index (κ1) is 13.6. The van der Waals surface area contributed by atoms with E-state index in [-0.39, 0.29) is 0 Å². The first-order valence-electron chi connectivity index (χ1n) is 6.27. The number of nitrogens with zero attached hydrogens (tertiary/aromatic N) is 2. The Kier molecular flexibility index (Phi) is 5.68. The van der Waals surface area contributed by atoms with E-state index in [1.165, 1.54) is 34.9 Å². The summed E-state index contributed by atoms with van der Waals surface area (Å²) >= 11 is 3.83. The number of hydrogen-bond donors (Lipinski definition) is 0. The van der Waals surface area contributed by atoms with E-state index in [4.69, 9.17) is 0 Å². The van der Waals surface area contributed by atoms with Crippen LogP contribution >= 0.6 is 23.1 Å². The van der Waals surface area contributed by atoms with Crippen LogP contribution in [0.5, 0.6) is 0 Å². The molecule has 4 heteroatoms. The molecule has 2 nitrogen and oxygen atoms in total. The molecule has 0 spiro atoms. The summed E-state index contributed by atoms with van der Waals surface area (Å²) in [4.78, 5) is 5.72. The summed E-state index contributed by atoms with van der Waals surface area (Å²) in [7, 11) is 0. The van der Waals surface area contributed by atoms with Crippen LogP contribution in [-0.4, -0.2) is 16.5 Å². The maximum absolute atomic E-state index is 4.28. The highest BCUT2D eigenvalue weighted by Crippen LogP contribution is 2.15. The quantitative estimate of drug-likeness (QED) is 0.572. The molecule has 2 aromatic rings. The monoisotopic (exact) mass is 279 g/mol. The lowest BCUT2D eigenvalue weighted by Crippen LogP contribution is -2.32. The highest BCUT2D eigenvalue weighted by molar-refractivity contribution is 7.99. The normalized spacial score (nSPS) is 10.7. The number of thiazole rings is 1. The van der Waals surface area contributed by atoms with Crippen LogP contribution in [0.1, 0.15) is 17.0 Å². The Hall–Kier alpha value is -0.870. The average molecular weight is 279 g/mol. The fraction of sp³-hybridized carbons (Fsp3) is 0.429. The van der Waals surface area contributed by atoms with Gasteiger partial charge in [0, 0.05) is 23.4 Å².